The highest BCUT2D eigenvalue weighted by molar-refractivity contribution is 5.98. The Hall–Kier alpha value is -2.86. The van der Waals surface area contributed by atoms with Gasteiger partial charge in [0.15, 0.2) is 0 Å². The van der Waals surface area contributed by atoms with Crippen LogP contribution in [0.3, 0.4) is 0 Å². The summed E-state index contributed by atoms with van der Waals surface area (Å²) in [6, 6.07) is 13.4. The second-order valence-electron chi connectivity index (χ2n) is 7.15. The number of hydrogen-bond acceptors (Lipinski definition) is 4. The van der Waals surface area contributed by atoms with E-state index in [9.17, 15) is 9.59 Å². The third-order valence-electron chi connectivity index (χ3n) is 5.44. The second kappa shape index (κ2) is 7.64. The van der Waals surface area contributed by atoms with Gasteiger partial charge in [-0.15, -0.1) is 0 Å². The molecule has 0 saturated carbocycles. The Morgan fingerprint density at radius 1 is 1.11 bits per heavy atom. The molecule has 0 aliphatic carbocycles. The van der Waals surface area contributed by atoms with Crippen molar-refractivity contribution in [3.8, 4) is 5.75 Å². The SMILES string of the molecule is COc1ccc(C2CN(C(=O)c3ccc4c(c3)CCN4C(C)=O)CCO2)cc1. The number of carbonyl (C=O) groups excluding carboxylic acids is 2. The molecule has 2 aromatic rings. The molecule has 146 valence electrons. The van der Waals surface area contributed by atoms with E-state index >= 15 is 0 Å². The first-order valence-electron chi connectivity index (χ1n) is 9.52. The summed E-state index contributed by atoms with van der Waals surface area (Å²) in [7, 11) is 1.64. The van der Waals surface area contributed by atoms with Crippen LogP contribution < -0.4 is 9.64 Å². The molecule has 6 heteroatoms. The normalized spacial score (nSPS) is 18.7. The van der Waals surface area contributed by atoms with E-state index in [4.69, 9.17) is 9.47 Å². The quantitative estimate of drug-likeness (QED) is 0.822. The van der Waals surface area contributed by atoms with Crippen molar-refractivity contribution < 1.29 is 19.1 Å². The van der Waals surface area contributed by atoms with Gasteiger partial charge in [-0.05, 0) is 47.9 Å². The molecule has 0 radical (unpaired) electrons. The molecule has 1 saturated heterocycles. The van der Waals surface area contributed by atoms with Crippen molar-refractivity contribution in [3.63, 3.8) is 0 Å². The van der Waals surface area contributed by atoms with Crippen LogP contribution in [0.25, 0.3) is 0 Å². The number of ether oxygens (including phenoxy) is 2. The van der Waals surface area contributed by atoms with Gasteiger partial charge in [0, 0.05) is 31.3 Å². The Morgan fingerprint density at radius 3 is 2.61 bits per heavy atom. The fraction of sp³-hybridized carbons (Fsp3) is 0.364. The first-order valence-corrected chi connectivity index (χ1v) is 9.52. The second-order valence-corrected chi connectivity index (χ2v) is 7.15. The number of morpholine rings is 1. The van der Waals surface area contributed by atoms with Gasteiger partial charge in [-0.3, -0.25) is 9.59 Å². The standard InChI is InChI=1S/C22H24N2O4/c1-15(25)24-10-9-17-13-18(5-8-20(17)24)22(26)23-11-12-28-21(14-23)16-3-6-19(27-2)7-4-16/h3-8,13,21H,9-12,14H2,1-2H3. The number of fused-ring (bicyclic) bond motifs is 1. The van der Waals surface area contributed by atoms with E-state index in [0.29, 0.717) is 31.8 Å². The summed E-state index contributed by atoms with van der Waals surface area (Å²) in [5.74, 6) is 0.837. The predicted molar refractivity (Wildman–Crippen MR) is 106 cm³/mol. The van der Waals surface area contributed by atoms with E-state index in [1.165, 1.54) is 0 Å². The van der Waals surface area contributed by atoms with E-state index in [0.717, 1.165) is 29.0 Å². The number of rotatable bonds is 3. The molecule has 0 aromatic heterocycles. The highest BCUT2D eigenvalue weighted by atomic mass is 16.5. The lowest BCUT2D eigenvalue weighted by atomic mass is 10.0. The molecule has 6 nitrogen and oxygen atoms in total. The monoisotopic (exact) mass is 380 g/mol. The van der Waals surface area contributed by atoms with Crippen LogP contribution in [-0.4, -0.2) is 50.1 Å². The third kappa shape index (κ3) is 3.47. The molecular weight excluding hydrogens is 356 g/mol. The molecule has 2 heterocycles. The summed E-state index contributed by atoms with van der Waals surface area (Å²) in [5, 5.41) is 0. The maximum absolute atomic E-state index is 13.1. The van der Waals surface area contributed by atoms with Gasteiger partial charge in [0.05, 0.1) is 20.3 Å². The Balaban J connectivity index is 1.49. The molecule has 0 bridgehead atoms. The topological polar surface area (TPSA) is 59.1 Å². The number of nitrogens with zero attached hydrogens (tertiary/aromatic N) is 2. The van der Waals surface area contributed by atoms with Gasteiger partial charge in [0.2, 0.25) is 5.91 Å². The van der Waals surface area contributed by atoms with Crippen molar-refractivity contribution in [2.75, 3.05) is 38.3 Å². The smallest absolute Gasteiger partial charge is 0.254 e. The van der Waals surface area contributed by atoms with Crippen LogP contribution in [0.15, 0.2) is 42.5 Å². The largest absolute Gasteiger partial charge is 0.497 e. The van der Waals surface area contributed by atoms with Gasteiger partial charge in [-0.2, -0.15) is 0 Å². The minimum atomic E-state index is -0.147. The van der Waals surface area contributed by atoms with Crippen molar-refractivity contribution in [2.24, 2.45) is 0 Å². The molecule has 2 amide bonds. The first kappa shape index (κ1) is 18.5. The molecular formula is C22H24N2O4. The number of amides is 2. The number of hydrogen-bond donors (Lipinski definition) is 0. The lowest BCUT2D eigenvalue weighted by Gasteiger charge is -2.33. The van der Waals surface area contributed by atoms with E-state index < -0.39 is 0 Å². The van der Waals surface area contributed by atoms with Gasteiger partial charge < -0.3 is 19.3 Å². The predicted octanol–water partition coefficient (Wildman–Crippen LogP) is 2.82. The lowest BCUT2D eigenvalue weighted by molar-refractivity contribution is -0.116. The van der Waals surface area contributed by atoms with Gasteiger partial charge in [-0.1, -0.05) is 12.1 Å². The summed E-state index contributed by atoms with van der Waals surface area (Å²) in [6.45, 7) is 3.84. The van der Waals surface area contributed by atoms with Gasteiger partial charge >= 0.3 is 0 Å². The van der Waals surface area contributed by atoms with Crippen molar-refractivity contribution in [3.05, 3.63) is 59.2 Å². The maximum atomic E-state index is 13.1. The van der Waals surface area contributed by atoms with Crippen LogP contribution in [0.4, 0.5) is 5.69 Å². The molecule has 28 heavy (non-hydrogen) atoms. The van der Waals surface area contributed by atoms with Gasteiger partial charge in [0.25, 0.3) is 5.91 Å². The van der Waals surface area contributed by atoms with Crippen LogP contribution in [0.2, 0.25) is 0 Å². The molecule has 1 atom stereocenters. The van der Waals surface area contributed by atoms with E-state index in [-0.39, 0.29) is 17.9 Å². The van der Waals surface area contributed by atoms with E-state index in [1.54, 1.807) is 18.9 Å². The van der Waals surface area contributed by atoms with Crippen molar-refractivity contribution in [1.82, 2.24) is 4.90 Å². The van der Waals surface area contributed by atoms with E-state index in [2.05, 4.69) is 0 Å². The number of methoxy groups -OCH3 is 1. The Kier molecular flexibility index (Phi) is 5.05. The van der Waals surface area contributed by atoms with Crippen LogP contribution >= 0.6 is 0 Å². The molecule has 1 fully saturated rings. The van der Waals surface area contributed by atoms with Crippen molar-refractivity contribution in [2.45, 2.75) is 19.4 Å². The molecule has 2 aliphatic rings. The van der Waals surface area contributed by atoms with E-state index in [1.807, 2.05) is 47.4 Å². The number of anilines is 1. The summed E-state index contributed by atoms with van der Waals surface area (Å²) >= 11 is 0. The summed E-state index contributed by atoms with van der Waals surface area (Å²) in [6.07, 6.45) is 0.638. The molecule has 0 N–H and O–H groups in total. The average molecular weight is 380 g/mol. The minimum Gasteiger partial charge on any atom is -0.497 e. The zero-order valence-corrected chi connectivity index (χ0v) is 16.2. The highest BCUT2D eigenvalue weighted by Crippen LogP contribution is 2.30. The lowest BCUT2D eigenvalue weighted by Crippen LogP contribution is -2.42. The molecule has 4 rings (SSSR count). The van der Waals surface area contributed by atoms with Crippen LogP contribution in [0.1, 0.15) is 34.5 Å². The fourth-order valence-electron chi connectivity index (χ4n) is 3.90. The molecule has 1 unspecified atom stereocenters. The maximum Gasteiger partial charge on any atom is 0.254 e. The number of carbonyl (C=O) groups is 2. The number of benzene rings is 2. The Labute approximate surface area is 164 Å². The zero-order chi connectivity index (χ0) is 19.7. The summed E-state index contributed by atoms with van der Waals surface area (Å²) in [4.78, 5) is 28.4. The first-order chi connectivity index (χ1) is 13.6. The van der Waals surface area contributed by atoms with Gasteiger partial charge in [-0.25, -0.2) is 0 Å². The average Bonchev–Trinajstić information content (AvgIpc) is 3.17. The highest BCUT2D eigenvalue weighted by Gasteiger charge is 2.28. The summed E-state index contributed by atoms with van der Waals surface area (Å²) < 4.78 is 11.1. The van der Waals surface area contributed by atoms with Crippen LogP contribution in [-0.2, 0) is 16.0 Å². The minimum absolute atomic E-state index is 0.00545. The summed E-state index contributed by atoms with van der Waals surface area (Å²) in [5.41, 5.74) is 3.67. The molecule has 0 spiro atoms. The zero-order valence-electron chi connectivity index (χ0n) is 16.2. The Morgan fingerprint density at radius 2 is 1.89 bits per heavy atom. The third-order valence-corrected chi connectivity index (χ3v) is 5.44. The van der Waals surface area contributed by atoms with Crippen molar-refractivity contribution >= 4 is 17.5 Å². The van der Waals surface area contributed by atoms with Crippen LogP contribution in [0, 0.1) is 0 Å². The van der Waals surface area contributed by atoms with Gasteiger partial charge in [0.1, 0.15) is 11.9 Å². The Bertz CT molecular complexity index is 894. The van der Waals surface area contributed by atoms with Crippen molar-refractivity contribution in [1.29, 1.82) is 0 Å². The fourth-order valence-corrected chi connectivity index (χ4v) is 3.90. The van der Waals surface area contributed by atoms with Crippen LogP contribution in [0.5, 0.6) is 5.75 Å². The molecule has 2 aromatic carbocycles. The molecule has 2 aliphatic heterocycles.